The summed E-state index contributed by atoms with van der Waals surface area (Å²) in [5.74, 6) is 0.178. The van der Waals surface area contributed by atoms with E-state index in [4.69, 9.17) is 0 Å². The molecule has 1 aliphatic rings. The summed E-state index contributed by atoms with van der Waals surface area (Å²) in [6, 6.07) is 0. The van der Waals surface area contributed by atoms with E-state index >= 15 is 0 Å². The fourth-order valence-electron chi connectivity index (χ4n) is 1.47. The Balaban J connectivity index is 2.10. The summed E-state index contributed by atoms with van der Waals surface area (Å²) in [6.07, 6.45) is 3.75. The average Bonchev–Trinajstić information content (AvgIpc) is 2.05. The zero-order valence-corrected chi connectivity index (χ0v) is 7.81. The topological polar surface area (TPSA) is 32.3 Å². The first-order valence-electron chi connectivity index (χ1n) is 4.82. The molecule has 1 N–H and O–H groups in total. The summed E-state index contributed by atoms with van der Waals surface area (Å²) < 4.78 is 0. The maximum absolute atomic E-state index is 11.0. The van der Waals surface area contributed by atoms with Crippen molar-refractivity contribution in [3.05, 3.63) is 0 Å². The molecule has 0 aromatic heterocycles. The Morgan fingerprint density at radius 2 is 2.33 bits per heavy atom. The van der Waals surface area contributed by atoms with Crippen molar-refractivity contribution < 1.29 is 4.79 Å². The number of piperazine rings is 1. The molecule has 0 bridgehead atoms. The third kappa shape index (κ3) is 3.22. The third-order valence-corrected chi connectivity index (χ3v) is 2.20. The Morgan fingerprint density at radius 1 is 1.50 bits per heavy atom. The van der Waals surface area contributed by atoms with E-state index in [1.165, 1.54) is 19.3 Å². The minimum atomic E-state index is 0.178. The van der Waals surface area contributed by atoms with E-state index in [0.717, 1.165) is 19.6 Å². The predicted molar refractivity (Wildman–Crippen MR) is 49.0 cm³/mol. The SMILES string of the molecule is CCCCCN1CCNC(=O)C1. The fourth-order valence-corrected chi connectivity index (χ4v) is 1.47. The molecule has 0 atom stereocenters. The zero-order valence-electron chi connectivity index (χ0n) is 7.81. The van der Waals surface area contributed by atoms with Crippen LogP contribution in [0.25, 0.3) is 0 Å². The van der Waals surface area contributed by atoms with Gasteiger partial charge in [-0.3, -0.25) is 9.69 Å². The number of hydrogen-bond acceptors (Lipinski definition) is 2. The lowest BCUT2D eigenvalue weighted by atomic mass is 10.2. The summed E-state index contributed by atoms with van der Waals surface area (Å²) in [5.41, 5.74) is 0. The molecule has 1 aliphatic heterocycles. The van der Waals surface area contributed by atoms with Crippen LogP contribution >= 0.6 is 0 Å². The van der Waals surface area contributed by atoms with Gasteiger partial charge in [-0.15, -0.1) is 0 Å². The molecule has 0 spiro atoms. The molecule has 70 valence electrons. The molecule has 1 amide bonds. The van der Waals surface area contributed by atoms with E-state index in [-0.39, 0.29) is 5.91 Å². The normalized spacial score (nSPS) is 19.2. The van der Waals surface area contributed by atoms with E-state index in [1.54, 1.807) is 0 Å². The van der Waals surface area contributed by atoms with Gasteiger partial charge in [-0.1, -0.05) is 19.8 Å². The van der Waals surface area contributed by atoms with Crippen molar-refractivity contribution in [2.75, 3.05) is 26.2 Å². The van der Waals surface area contributed by atoms with Crippen LogP contribution in [-0.2, 0) is 4.79 Å². The summed E-state index contributed by atoms with van der Waals surface area (Å²) in [7, 11) is 0. The highest BCUT2D eigenvalue weighted by Crippen LogP contribution is 1.99. The number of unbranched alkanes of at least 4 members (excludes halogenated alkanes) is 2. The first-order valence-corrected chi connectivity index (χ1v) is 4.82. The van der Waals surface area contributed by atoms with Crippen LogP contribution in [0.5, 0.6) is 0 Å². The van der Waals surface area contributed by atoms with Gasteiger partial charge < -0.3 is 5.32 Å². The van der Waals surface area contributed by atoms with Gasteiger partial charge in [-0.05, 0) is 13.0 Å². The lowest BCUT2D eigenvalue weighted by Gasteiger charge is -2.26. The summed E-state index contributed by atoms with van der Waals surface area (Å²) in [5, 5.41) is 2.82. The first kappa shape index (κ1) is 9.52. The van der Waals surface area contributed by atoms with Crippen molar-refractivity contribution >= 4 is 5.91 Å². The Hall–Kier alpha value is -0.570. The van der Waals surface area contributed by atoms with Gasteiger partial charge in [0.15, 0.2) is 0 Å². The summed E-state index contributed by atoms with van der Waals surface area (Å²) in [6.45, 7) is 5.73. The lowest BCUT2D eigenvalue weighted by molar-refractivity contribution is -0.124. The largest absolute Gasteiger partial charge is 0.354 e. The second-order valence-electron chi connectivity index (χ2n) is 3.33. The smallest absolute Gasteiger partial charge is 0.234 e. The van der Waals surface area contributed by atoms with E-state index in [1.807, 2.05) is 0 Å². The number of carbonyl (C=O) groups excluding carboxylic acids is 1. The van der Waals surface area contributed by atoms with Crippen LogP contribution in [0.4, 0.5) is 0 Å². The maximum atomic E-state index is 11.0. The van der Waals surface area contributed by atoms with Gasteiger partial charge in [-0.2, -0.15) is 0 Å². The van der Waals surface area contributed by atoms with Gasteiger partial charge in [-0.25, -0.2) is 0 Å². The molecule has 1 saturated heterocycles. The molecule has 3 nitrogen and oxygen atoms in total. The number of nitrogens with one attached hydrogen (secondary N) is 1. The van der Waals surface area contributed by atoms with Gasteiger partial charge in [0.25, 0.3) is 0 Å². The Bertz CT molecular complexity index is 147. The van der Waals surface area contributed by atoms with Gasteiger partial charge in [0.05, 0.1) is 6.54 Å². The molecule has 0 unspecified atom stereocenters. The second-order valence-corrected chi connectivity index (χ2v) is 3.33. The minimum Gasteiger partial charge on any atom is -0.354 e. The van der Waals surface area contributed by atoms with Crippen LogP contribution in [0.2, 0.25) is 0 Å². The minimum absolute atomic E-state index is 0.178. The summed E-state index contributed by atoms with van der Waals surface area (Å²) in [4.78, 5) is 13.2. The number of amides is 1. The van der Waals surface area contributed by atoms with E-state index < -0.39 is 0 Å². The fraction of sp³-hybridized carbons (Fsp3) is 0.889. The monoisotopic (exact) mass is 170 g/mol. The number of rotatable bonds is 4. The van der Waals surface area contributed by atoms with Crippen molar-refractivity contribution in [1.82, 2.24) is 10.2 Å². The molecule has 3 heteroatoms. The average molecular weight is 170 g/mol. The number of carbonyl (C=O) groups is 1. The molecular formula is C9H18N2O. The Labute approximate surface area is 74.1 Å². The van der Waals surface area contributed by atoms with Crippen LogP contribution in [0.3, 0.4) is 0 Å². The second kappa shape index (κ2) is 5.14. The van der Waals surface area contributed by atoms with Gasteiger partial charge in [0, 0.05) is 13.1 Å². The van der Waals surface area contributed by atoms with Crippen LogP contribution in [0.15, 0.2) is 0 Å². The zero-order chi connectivity index (χ0) is 8.81. The summed E-state index contributed by atoms with van der Waals surface area (Å²) >= 11 is 0. The van der Waals surface area contributed by atoms with Crippen molar-refractivity contribution in [1.29, 1.82) is 0 Å². The predicted octanol–water partition coefficient (Wildman–Crippen LogP) is 0.608. The van der Waals surface area contributed by atoms with Crippen LogP contribution < -0.4 is 5.32 Å². The van der Waals surface area contributed by atoms with Crippen molar-refractivity contribution in [3.8, 4) is 0 Å². The van der Waals surface area contributed by atoms with Crippen molar-refractivity contribution in [3.63, 3.8) is 0 Å². The highest BCUT2D eigenvalue weighted by molar-refractivity contribution is 5.78. The van der Waals surface area contributed by atoms with Crippen LogP contribution in [0.1, 0.15) is 26.2 Å². The van der Waals surface area contributed by atoms with E-state index in [0.29, 0.717) is 6.54 Å². The Morgan fingerprint density at radius 3 is 3.00 bits per heavy atom. The first-order chi connectivity index (χ1) is 5.83. The van der Waals surface area contributed by atoms with Crippen molar-refractivity contribution in [2.45, 2.75) is 26.2 Å². The van der Waals surface area contributed by atoms with Gasteiger partial charge in [0.1, 0.15) is 0 Å². The number of nitrogens with zero attached hydrogens (tertiary/aromatic N) is 1. The molecular weight excluding hydrogens is 152 g/mol. The quantitative estimate of drug-likeness (QED) is 0.627. The van der Waals surface area contributed by atoms with Crippen LogP contribution in [0, 0.1) is 0 Å². The number of hydrogen-bond donors (Lipinski definition) is 1. The molecule has 0 radical (unpaired) electrons. The molecule has 1 rings (SSSR count). The van der Waals surface area contributed by atoms with Crippen molar-refractivity contribution in [2.24, 2.45) is 0 Å². The van der Waals surface area contributed by atoms with E-state index in [9.17, 15) is 4.79 Å². The molecule has 12 heavy (non-hydrogen) atoms. The third-order valence-electron chi connectivity index (χ3n) is 2.20. The Kier molecular flexibility index (Phi) is 4.08. The highest BCUT2D eigenvalue weighted by atomic mass is 16.2. The lowest BCUT2D eigenvalue weighted by Crippen LogP contribution is -2.47. The maximum Gasteiger partial charge on any atom is 0.234 e. The molecule has 1 fully saturated rings. The molecule has 0 aromatic carbocycles. The molecule has 1 heterocycles. The highest BCUT2D eigenvalue weighted by Gasteiger charge is 2.14. The van der Waals surface area contributed by atoms with Gasteiger partial charge in [0.2, 0.25) is 5.91 Å². The standard InChI is InChI=1S/C9H18N2O/c1-2-3-4-6-11-7-5-10-9(12)8-11/h2-8H2,1H3,(H,10,12). The molecule has 0 aliphatic carbocycles. The molecule has 0 aromatic rings. The van der Waals surface area contributed by atoms with Crippen LogP contribution in [-0.4, -0.2) is 37.0 Å². The molecule has 0 saturated carbocycles. The van der Waals surface area contributed by atoms with E-state index in [2.05, 4.69) is 17.1 Å². The van der Waals surface area contributed by atoms with Gasteiger partial charge >= 0.3 is 0 Å².